The Morgan fingerprint density at radius 2 is 2.17 bits per heavy atom. The maximum atomic E-state index is 13.2. The molecule has 0 atom stereocenters. The molecule has 0 bridgehead atoms. The number of amides is 1. The van der Waals surface area contributed by atoms with Gasteiger partial charge in [0.2, 0.25) is 5.88 Å². The van der Waals surface area contributed by atoms with E-state index in [1.54, 1.807) is 12.1 Å². The summed E-state index contributed by atoms with van der Waals surface area (Å²) in [4.78, 5) is 15.1. The van der Waals surface area contributed by atoms with Gasteiger partial charge in [0.05, 0.1) is 0 Å². The van der Waals surface area contributed by atoms with E-state index >= 15 is 0 Å². The van der Waals surface area contributed by atoms with E-state index in [2.05, 4.69) is 20.9 Å². The quantitative estimate of drug-likeness (QED) is 0.948. The van der Waals surface area contributed by atoms with Crippen molar-refractivity contribution in [2.75, 3.05) is 0 Å². The van der Waals surface area contributed by atoms with Gasteiger partial charge in [0, 0.05) is 16.7 Å². The van der Waals surface area contributed by atoms with Gasteiger partial charge >= 0.3 is 0 Å². The average Bonchev–Trinajstić information content (AvgIpc) is 2.27. The lowest BCUT2D eigenvalue weighted by Gasteiger charge is -2.08. The van der Waals surface area contributed by atoms with Crippen LogP contribution in [-0.2, 0) is 0 Å². The minimum Gasteiger partial charge on any atom is -0.438 e. The van der Waals surface area contributed by atoms with Gasteiger partial charge in [0.1, 0.15) is 17.1 Å². The number of carbonyl (C=O) groups excluding carboxylic acids is 1. The molecule has 92 valence electrons. The fourth-order valence-corrected chi connectivity index (χ4v) is 1.80. The number of halogens is 2. The summed E-state index contributed by atoms with van der Waals surface area (Å²) < 4.78 is 19.0. The molecule has 0 fully saturated rings. The highest BCUT2D eigenvalue weighted by atomic mass is 79.9. The first-order valence-electron chi connectivity index (χ1n) is 4.95. The molecule has 0 aliphatic rings. The standard InChI is InChI=1S/C12H8BrFN2O2/c13-7-4-8(14)6-9(5-7)18-12-10(11(15)17)2-1-3-16-12/h1-6H,(H2,15,17). The van der Waals surface area contributed by atoms with Crippen LogP contribution in [0.25, 0.3) is 0 Å². The molecule has 2 N–H and O–H groups in total. The number of primary amides is 1. The fourth-order valence-electron chi connectivity index (χ4n) is 1.36. The lowest BCUT2D eigenvalue weighted by atomic mass is 10.2. The molecule has 2 aromatic rings. The first kappa shape index (κ1) is 12.5. The second kappa shape index (κ2) is 5.14. The van der Waals surface area contributed by atoms with E-state index in [0.717, 1.165) is 0 Å². The predicted molar refractivity (Wildman–Crippen MR) is 66.9 cm³/mol. The van der Waals surface area contributed by atoms with Gasteiger partial charge in [-0.15, -0.1) is 0 Å². The minimum atomic E-state index is -0.659. The Bertz CT molecular complexity index is 584. The zero-order valence-electron chi connectivity index (χ0n) is 9.06. The smallest absolute Gasteiger partial charge is 0.254 e. The van der Waals surface area contributed by atoms with Crippen LogP contribution >= 0.6 is 15.9 Å². The Morgan fingerprint density at radius 1 is 1.39 bits per heavy atom. The monoisotopic (exact) mass is 310 g/mol. The van der Waals surface area contributed by atoms with Crippen molar-refractivity contribution in [3.05, 3.63) is 52.4 Å². The van der Waals surface area contributed by atoms with Gasteiger partial charge < -0.3 is 10.5 Å². The molecular formula is C12H8BrFN2O2. The van der Waals surface area contributed by atoms with E-state index in [9.17, 15) is 9.18 Å². The topological polar surface area (TPSA) is 65.2 Å². The van der Waals surface area contributed by atoms with Gasteiger partial charge in [-0.1, -0.05) is 15.9 Å². The number of nitrogens with two attached hydrogens (primary N) is 1. The van der Waals surface area contributed by atoms with Crippen LogP contribution in [0.5, 0.6) is 11.6 Å². The second-order valence-electron chi connectivity index (χ2n) is 3.43. The summed E-state index contributed by atoms with van der Waals surface area (Å²) >= 11 is 3.14. The molecule has 1 aromatic carbocycles. The molecule has 0 aliphatic heterocycles. The molecule has 0 saturated heterocycles. The van der Waals surface area contributed by atoms with Gasteiger partial charge in [0.25, 0.3) is 5.91 Å². The molecule has 1 heterocycles. The highest BCUT2D eigenvalue weighted by molar-refractivity contribution is 9.10. The van der Waals surface area contributed by atoms with Crippen LogP contribution in [0.3, 0.4) is 0 Å². The number of hydrogen-bond donors (Lipinski definition) is 1. The van der Waals surface area contributed by atoms with Crippen molar-refractivity contribution in [1.29, 1.82) is 0 Å². The third-order valence-corrected chi connectivity index (χ3v) is 2.55. The van der Waals surface area contributed by atoms with Crippen molar-refractivity contribution in [3.63, 3.8) is 0 Å². The molecule has 4 nitrogen and oxygen atoms in total. The van der Waals surface area contributed by atoms with E-state index in [1.165, 1.54) is 24.4 Å². The molecule has 18 heavy (non-hydrogen) atoms. The summed E-state index contributed by atoms with van der Waals surface area (Å²) in [5.74, 6) is -0.852. The maximum Gasteiger partial charge on any atom is 0.254 e. The molecule has 0 radical (unpaired) electrons. The van der Waals surface area contributed by atoms with E-state index in [0.29, 0.717) is 4.47 Å². The van der Waals surface area contributed by atoms with Gasteiger partial charge in [0.15, 0.2) is 0 Å². The normalized spacial score (nSPS) is 10.1. The van der Waals surface area contributed by atoms with Crippen LogP contribution < -0.4 is 10.5 Å². The highest BCUT2D eigenvalue weighted by Gasteiger charge is 2.11. The number of nitrogens with zero attached hydrogens (tertiary/aromatic N) is 1. The van der Waals surface area contributed by atoms with Crippen molar-refractivity contribution in [2.24, 2.45) is 5.73 Å². The number of benzene rings is 1. The van der Waals surface area contributed by atoms with Crippen LogP contribution in [0.2, 0.25) is 0 Å². The number of rotatable bonds is 3. The van der Waals surface area contributed by atoms with Crippen molar-refractivity contribution in [1.82, 2.24) is 4.98 Å². The Kier molecular flexibility index (Phi) is 3.57. The summed E-state index contributed by atoms with van der Waals surface area (Å²) in [6.07, 6.45) is 1.45. The summed E-state index contributed by atoms with van der Waals surface area (Å²) in [5, 5.41) is 0. The number of aromatic nitrogens is 1. The number of carbonyl (C=O) groups is 1. The zero-order valence-corrected chi connectivity index (χ0v) is 10.6. The van der Waals surface area contributed by atoms with Crippen LogP contribution in [0.4, 0.5) is 4.39 Å². The van der Waals surface area contributed by atoms with Crippen LogP contribution in [0, 0.1) is 5.82 Å². The van der Waals surface area contributed by atoms with Gasteiger partial charge in [-0.2, -0.15) is 0 Å². The second-order valence-corrected chi connectivity index (χ2v) is 4.34. The van der Waals surface area contributed by atoms with Crippen molar-refractivity contribution >= 4 is 21.8 Å². The maximum absolute atomic E-state index is 13.2. The minimum absolute atomic E-state index is 0.0440. The molecular weight excluding hydrogens is 303 g/mol. The fraction of sp³-hybridized carbons (Fsp3) is 0. The van der Waals surface area contributed by atoms with Gasteiger partial charge in [-0.3, -0.25) is 4.79 Å². The molecule has 2 rings (SSSR count). The number of pyridine rings is 1. The number of ether oxygens (including phenoxy) is 1. The Hall–Kier alpha value is -1.95. The van der Waals surface area contributed by atoms with Crippen molar-refractivity contribution in [3.8, 4) is 11.6 Å². The van der Waals surface area contributed by atoms with Crippen LogP contribution in [0.15, 0.2) is 41.0 Å². The third-order valence-electron chi connectivity index (χ3n) is 2.09. The lowest BCUT2D eigenvalue weighted by Crippen LogP contribution is -2.12. The van der Waals surface area contributed by atoms with Crippen molar-refractivity contribution in [2.45, 2.75) is 0 Å². The van der Waals surface area contributed by atoms with Gasteiger partial charge in [-0.05, 0) is 24.3 Å². The summed E-state index contributed by atoms with van der Waals surface area (Å²) in [6.45, 7) is 0. The molecule has 1 amide bonds. The third kappa shape index (κ3) is 2.84. The Morgan fingerprint density at radius 3 is 2.83 bits per heavy atom. The van der Waals surface area contributed by atoms with Crippen molar-refractivity contribution < 1.29 is 13.9 Å². The largest absolute Gasteiger partial charge is 0.438 e. The first-order valence-corrected chi connectivity index (χ1v) is 5.74. The first-order chi connectivity index (χ1) is 8.56. The molecule has 0 unspecified atom stereocenters. The average molecular weight is 311 g/mol. The van der Waals surface area contributed by atoms with E-state index < -0.39 is 11.7 Å². The molecule has 1 aromatic heterocycles. The predicted octanol–water partition coefficient (Wildman–Crippen LogP) is 2.87. The van der Waals surface area contributed by atoms with Gasteiger partial charge in [-0.25, -0.2) is 9.37 Å². The molecule has 0 aliphatic carbocycles. The highest BCUT2D eigenvalue weighted by Crippen LogP contribution is 2.26. The van der Waals surface area contributed by atoms with E-state index in [-0.39, 0.29) is 17.2 Å². The molecule has 6 heteroatoms. The number of hydrogen-bond acceptors (Lipinski definition) is 3. The van der Waals surface area contributed by atoms with E-state index in [1.807, 2.05) is 0 Å². The van der Waals surface area contributed by atoms with Crippen LogP contribution in [-0.4, -0.2) is 10.9 Å². The zero-order chi connectivity index (χ0) is 13.1. The van der Waals surface area contributed by atoms with Crippen LogP contribution in [0.1, 0.15) is 10.4 Å². The lowest BCUT2D eigenvalue weighted by molar-refractivity contribution is 0.0997. The molecule has 0 spiro atoms. The molecule has 0 saturated carbocycles. The summed E-state index contributed by atoms with van der Waals surface area (Å²) in [5.41, 5.74) is 5.32. The SMILES string of the molecule is NC(=O)c1cccnc1Oc1cc(F)cc(Br)c1. The Labute approximate surface area is 111 Å². The summed E-state index contributed by atoms with van der Waals surface area (Å²) in [7, 11) is 0. The Balaban J connectivity index is 2.37. The summed E-state index contributed by atoms with van der Waals surface area (Å²) in [6, 6.07) is 7.08. The van der Waals surface area contributed by atoms with E-state index in [4.69, 9.17) is 10.5 Å².